The number of hydrogen-bond donors (Lipinski definition) is 0. The molecule has 0 fully saturated rings. The number of nitrogens with zero attached hydrogens (tertiary/aromatic N) is 2. The van der Waals surface area contributed by atoms with E-state index in [1.807, 2.05) is 12.3 Å². The van der Waals surface area contributed by atoms with Crippen molar-refractivity contribution in [3.63, 3.8) is 0 Å². The van der Waals surface area contributed by atoms with Crippen molar-refractivity contribution in [2.75, 3.05) is 0 Å². The molecule has 0 amide bonds. The number of alkyl halides is 2. The van der Waals surface area contributed by atoms with Crippen LogP contribution in [0.15, 0.2) is 12.3 Å². The molecule has 2 atom stereocenters. The van der Waals surface area contributed by atoms with Crippen molar-refractivity contribution in [1.29, 1.82) is 0 Å². The first-order valence-electron chi connectivity index (χ1n) is 6.80. The third kappa shape index (κ3) is 5.35. The number of unbranched alkanes of at least 4 members (excludes halogenated alkanes) is 2. The SMILES string of the molecule is CCCCC(Br)c1ccnc(C(Br)CCCC)n1. The highest BCUT2D eigenvalue weighted by molar-refractivity contribution is 9.09. The molecule has 1 heterocycles. The lowest BCUT2D eigenvalue weighted by molar-refractivity contribution is 0.670. The van der Waals surface area contributed by atoms with Gasteiger partial charge in [-0.1, -0.05) is 71.4 Å². The van der Waals surface area contributed by atoms with Crippen molar-refractivity contribution >= 4 is 31.9 Å². The minimum atomic E-state index is 0.281. The molecule has 4 heteroatoms. The molecule has 2 unspecified atom stereocenters. The topological polar surface area (TPSA) is 25.8 Å². The first-order chi connectivity index (χ1) is 8.69. The molecule has 0 radical (unpaired) electrons. The fraction of sp³-hybridized carbons (Fsp3) is 0.714. The van der Waals surface area contributed by atoms with Crippen molar-refractivity contribution in [2.24, 2.45) is 0 Å². The van der Waals surface area contributed by atoms with E-state index in [9.17, 15) is 0 Å². The van der Waals surface area contributed by atoms with Crippen molar-refractivity contribution in [3.8, 4) is 0 Å². The minimum Gasteiger partial charge on any atom is -0.240 e. The van der Waals surface area contributed by atoms with E-state index in [1.165, 1.54) is 25.7 Å². The van der Waals surface area contributed by atoms with E-state index in [0.29, 0.717) is 4.83 Å². The Hall–Kier alpha value is 0.0400. The van der Waals surface area contributed by atoms with Crippen molar-refractivity contribution in [2.45, 2.75) is 62.0 Å². The van der Waals surface area contributed by atoms with Crippen LogP contribution in [-0.2, 0) is 0 Å². The van der Waals surface area contributed by atoms with E-state index in [0.717, 1.165) is 24.4 Å². The Morgan fingerprint density at radius 1 is 1.06 bits per heavy atom. The van der Waals surface area contributed by atoms with Crippen LogP contribution in [0.1, 0.15) is 73.5 Å². The number of hydrogen-bond acceptors (Lipinski definition) is 2. The second kappa shape index (κ2) is 9.03. The van der Waals surface area contributed by atoms with Gasteiger partial charge < -0.3 is 0 Å². The average Bonchev–Trinajstić information content (AvgIpc) is 2.42. The van der Waals surface area contributed by atoms with Gasteiger partial charge in [-0.2, -0.15) is 0 Å². The summed E-state index contributed by atoms with van der Waals surface area (Å²) in [5.41, 5.74) is 1.11. The van der Waals surface area contributed by atoms with Crippen LogP contribution in [0.25, 0.3) is 0 Å². The molecule has 0 N–H and O–H groups in total. The Labute approximate surface area is 127 Å². The van der Waals surface area contributed by atoms with E-state index in [2.05, 4.69) is 55.7 Å². The first-order valence-corrected chi connectivity index (χ1v) is 8.63. The van der Waals surface area contributed by atoms with E-state index in [-0.39, 0.29) is 4.83 Å². The maximum absolute atomic E-state index is 4.67. The molecule has 1 rings (SSSR count). The van der Waals surface area contributed by atoms with Crippen LogP contribution in [0.3, 0.4) is 0 Å². The molecule has 0 saturated carbocycles. The molecule has 0 bridgehead atoms. The molecule has 1 aromatic heterocycles. The zero-order valence-corrected chi connectivity index (χ0v) is 14.4. The van der Waals surface area contributed by atoms with Gasteiger partial charge in [0.25, 0.3) is 0 Å². The number of rotatable bonds is 8. The molecule has 0 saturated heterocycles. The van der Waals surface area contributed by atoms with Gasteiger partial charge in [0.05, 0.1) is 15.3 Å². The highest BCUT2D eigenvalue weighted by Gasteiger charge is 2.14. The molecular formula is C14H22Br2N2. The van der Waals surface area contributed by atoms with Gasteiger partial charge in [0.15, 0.2) is 0 Å². The van der Waals surface area contributed by atoms with Gasteiger partial charge in [0.1, 0.15) is 5.82 Å². The number of halogens is 2. The van der Waals surface area contributed by atoms with Crippen molar-refractivity contribution in [1.82, 2.24) is 9.97 Å². The largest absolute Gasteiger partial charge is 0.240 e. The Kier molecular flexibility index (Phi) is 8.07. The van der Waals surface area contributed by atoms with Crippen molar-refractivity contribution < 1.29 is 0 Å². The van der Waals surface area contributed by atoms with E-state index < -0.39 is 0 Å². The summed E-state index contributed by atoms with van der Waals surface area (Å²) in [5.74, 6) is 0.918. The fourth-order valence-electron chi connectivity index (χ4n) is 1.76. The second-order valence-corrected chi connectivity index (χ2v) is 6.77. The van der Waals surface area contributed by atoms with E-state index >= 15 is 0 Å². The zero-order valence-electron chi connectivity index (χ0n) is 11.2. The predicted octanol–water partition coefficient (Wildman–Crippen LogP) is 5.73. The van der Waals surface area contributed by atoms with Gasteiger partial charge >= 0.3 is 0 Å². The molecule has 1 aromatic rings. The summed E-state index contributed by atoms with van der Waals surface area (Å²) in [6.45, 7) is 4.42. The highest BCUT2D eigenvalue weighted by Crippen LogP contribution is 2.30. The standard InChI is InChI=1S/C14H22Br2N2/c1-3-5-7-11(15)13-9-10-17-14(18-13)12(16)8-6-4-2/h9-12H,3-8H2,1-2H3. The van der Waals surface area contributed by atoms with E-state index in [4.69, 9.17) is 0 Å². The molecule has 0 aliphatic rings. The minimum absolute atomic E-state index is 0.281. The van der Waals surface area contributed by atoms with Crippen LogP contribution in [-0.4, -0.2) is 9.97 Å². The second-order valence-electron chi connectivity index (χ2n) is 4.56. The molecule has 0 aromatic carbocycles. The summed E-state index contributed by atoms with van der Waals surface area (Å²) in [4.78, 5) is 9.68. The molecule has 0 aliphatic heterocycles. The molecular weight excluding hydrogens is 356 g/mol. The van der Waals surface area contributed by atoms with Crippen LogP contribution in [0.5, 0.6) is 0 Å². The molecule has 0 aliphatic carbocycles. The summed E-state index contributed by atoms with van der Waals surface area (Å²) >= 11 is 7.40. The predicted molar refractivity (Wildman–Crippen MR) is 84.4 cm³/mol. The summed E-state index contributed by atoms with van der Waals surface area (Å²) < 4.78 is 0. The summed E-state index contributed by atoms with van der Waals surface area (Å²) in [6.07, 6.45) is 8.96. The lowest BCUT2D eigenvalue weighted by Crippen LogP contribution is -2.03. The monoisotopic (exact) mass is 376 g/mol. The van der Waals surface area contributed by atoms with Gasteiger partial charge in [-0.3, -0.25) is 0 Å². The van der Waals surface area contributed by atoms with Gasteiger partial charge in [-0.15, -0.1) is 0 Å². The Balaban J connectivity index is 2.66. The maximum atomic E-state index is 4.67. The van der Waals surface area contributed by atoms with Gasteiger partial charge in [-0.05, 0) is 18.9 Å². The first kappa shape index (κ1) is 16.1. The lowest BCUT2D eigenvalue weighted by atomic mass is 10.1. The molecule has 102 valence electrons. The van der Waals surface area contributed by atoms with Crippen LogP contribution >= 0.6 is 31.9 Å². The Bertz CT molecular complexity index is 315. The Morgan fingerprint density at radius 2 is 1.67 bits per heavy atom. The number of aromatic nitrogens is 2. The summed E-state index contributed by atoms with van der Waals surface area (Å²) in [5, 5.41) is 0. The zero-order chi connectivity index (χ0) is 13.4. The van der Waals surface area contributed by atoms with Crippen LogP contribution in [0, 0.1) is 0 Å². The highest BCUT2D eigenvalue weighted by atomic mass is 79.9. The molecule has 18 heavy (non-hydrogen) atoms. The summed E-state index contributed by atoms with van der Waals surface area (Å²) in [7, 11) is 0. The average molecular weight is 378 g/mol. The normalized spacial score (nSPS) is 14.4. The quantitative estimate of drug-likeness (QED) is 0.540. The fourth-order valence-corrected chi connectivity index (χ4v) is 2.88. The van der Waals surface area contributed by atoms with Gasteiger partial charge in [0, 0.05) is 6.20 Å². The molecule has 2 nitrogen and oxygen atoms in total. The molecule has 0 spiro atoms. The van der Waals surface area contributed by atoms with Gasteiger partial charge in [-0.25, -0.2) is 9.97 Å². The summed E-state index contributed by atoms with van der Waals surface area (Å²) in [6, 6.07) is 2.01. The van der Waals surface area contributed by atoms with Gasteiger partial charge in [0.2, 0.25) is 0 Å². The van der Waals surface area contributed by atoms with Crippen LogP contribution < -0.4 is 0 Å². The lowest BCUT2D eigenvalue weighted by Gasteiger charge is -2.12. The third-order valence-corrected chi connectivity index (χ3v) is 4.71. The van der Waals surface area contributed by atoms with Crippen molar-refractivity contribution in [3.05, 3.63) is 23.8 Å². The Morgan fingerprint density at radius 3 is 2.28 bits per heavy atom. The maximum Gasteiger partial charge on any atom is 0.142 e. The smallest absolute Gasteiger partial charge is 0.142 e. The van der Waals surface area contributed by atoms with E-state index in [1.54, 1.807) is 0 Å². The van der Waals surface area contributed by atoms with Crippen LogP contribution in [0.2, 0.25) is 0 Å². The third-order valence-electron chi connectivity index (χ3n) is 2.92. The van der Waals surface area contributed by atoms with Crippen LogP contribution in [0.4, 0.5) is 0 Å².